The summed E-state index contributed by atoms with van der Waals surface area (Å²) in [6.45, 7) is 4.58. The van der Waals surface area contributed by atoms with Crippen LogP contribution in [0.3, 0.4) is 0 Å². The molecule has 0 aliphatic carbocycles. The Balaban J connectivity index is 1.30. The van der Waals surface area contributed by atoms with E-state index in [0.717, 1.165) is 25.2 Å². The normalized spacial score (nSPS) is 14.5. The highest BCUT2D eigenvalue weighted by atomic mass is 16.2. The van der Waals surface area contributed by atoms with E-state index in [1.165, 1.54) is 5.56 Å². The summed E-state index contributed by atoms with van der Waals surface area (Å²) in [4.78, 5) is 17.1. The van der Waals surface area contributed by atoms with Crippen molar-refractivity contribution in [1.29, 1.82) is 5.26 Å². The predicted octanol–water partition coefficient (Wildman–Crippen LogP) is 2.76. The molecular weight excluding hydrogens is 362 g/mol. The molecule has 0 atom stereocenters. The molecule has 2 aromatic carbocycles. The summed E-state index contributed by atoms with van der Waals surface area (Å²) in [6.07, 6.45) is 3.49. The SMILES string of the molecule is N#Cc1ccc(CN2CCN(C(=O)c3cnn(Cc4ccccc4)c3)CC2)cc1. The van der Waals surface area contributed by atoms with E-state index in [1.54, 1.807) is 6.20 Å². The minimum Gasteiger partial charge on any atom is -0.336 e. The third kappa shape index (κ3) is 4.71. The molecular formula is C23H23N5O. The van der Waals surface area contributed by atoms with Crippen LogP contribution in [0.1, 0.15) is 27.0 Å². The molecule has 146 valence electrons. The second-order valence-corrected chi connectivity index (χ2v) is 7.29. The van der Waals surface area contributed by atoms with E-state index in [4.69, 9.17) is 5.26 Å². The van der Waals surface area contributed by atoms with Gasteiger partial charge < -0.3 is 4.90 Å². The lowest BCUT2D eigenvalue weighted by Crippen LogP contribution is -2.48. The monoisotopic (exact) mass is 385 g/mol. The molecule has 1 fully saturated rings. The minimum absolute atomic E-state index is 0.0438. The lowest BCUT2D eigenvalue weighted by molar-refractivity contribution is 0.0628. The maximum atomic E-state index is 12.8. The summed E-state index contributed by atoms with van der Waals surface area (Å²) in [7, 11) is 0. The molecule has 0 bridgehead atoms. The Morgan fingerprint density at radius 2 is 1.62 bits per heavy atom. The van der Waals surface area contributed by atoms with Crippen molar-refractivity contribution in [3.8, 4) is 6.07 Å². The summed E-state index contributed by atoms with van der Waals surface area (Å²) >= 11 is 0. The number of hydrogen-bond acceptors (Lipinski definition) is 4. The van der Waals surface area contributed by atoms with Crippen molar-refractivity contribution in [2.45, 2.75) is 13.1 Å². The van der Waals surface area contributed by atoms with Crippen molar-refractivity contribution < 1.29 is 4.79 Å². The van der Waals surface area contributed by atoms with Crippen molar-refractivity contribution in [1.82, 2.24) is 19.6 Å². The summed E-state index contributed by atoms with van der Waals surface area (Å²) in [6, 6.07) is 19.9. The van der Waals surface area contributed by atoms with Gasteiger partial charge in [0.15, 0.2) is 0 Å². The van der Waals surface area contributed by atoms with Gasteiger partial charge in [-0.3, -0.25) is 14.4 Å². The Morgan fingerprint density at radius 3 is 2.31 bits per heavy atom. The maximum absolute atomic E-state index is 12.8. The Hall–Kier alpha value is -3.43. The maximum Gasteiger partial charge on any atom is 0.257 e. The number of hydrogen-bond donors (Lipinski definition) is 0. The molecule has 4 rings (SSSR count). The van der Waals surface area contributed by atoms with Crippen LogP contribution in [0.15, 0.2) is 67.0 Å². The van der Waals surface area contributed by atoms with Gasteiger partial charge in [0.1, 0.15) is 0 Å². The van der Waals surface area contributed by atoms with Gasteiger partial charge in [-0.2, -0.15) is 10.4 Å². The standard InChI is InChI=1S/C23H23N5O/c24-14-19-6-8-21(9-7-19)16-26-10-12-27(13-11-26)23(29)22-15-25-28(18-22)17-20-4-2-1-3-5-20/h1-9,15,18H,10-13,16-17H2. The van der Waals surface area contributed by atoms with Gasteiger partial charge in [0.05, 0.1) is 29.9 Å². The predicted molar refractivity (Wildman–Crippen MR) is 110 cm³/mol. The number of aromatic nitrogens is 2. The van der Waals surface area contributed by atoms with Crippen LogP contribution in [-0.4, -0.2) is 51.7 Å². The van der Waals surface area contributed by atoms with Gasteiger partial charge in [0.2, 0.25) is 0 Å². The molecule has 1 aliphatic rings. The summed E-state index contributed by atoms with van der Waals surface area (Å²) < 4.78 is 1.81. The topological polar surface area (TPSA) is 65.2 Å². The molecule has 1 amide bonds. The first-order chi connectivity index (χ1) is 14.2. The van der Waals surface area contributed by atoms with Crippen LogP contribution in [0, 0.1) is 11.3 Å². The van der Waals surface area contributed by atoms with Crippen LogP contribution < -0.4 is 0 Å². The second kappa shape index (κ2) is 8.72. The first kappa shape index (κ1) is 18.9. The fourth-order valence-corrected chi connectivity index (χ4v) is 3.57. The molecule has 6 heteroatoms. The van der Waals surface area contributed by atoms with E-state index >= 15 is 0 Å². The van der Waals surface area contributed by atoms with E-state index in [1.807, 2.05) is 58.2 Å². The Bertz CT molecular complexity index is 996. The number of nitriles is 1. The van der Waals surface area contributed by atoms with Crippen molar-refractivity contribution in [2.75, 3.05) is 26.2 Å². The fourth-order valence-electron chi connectivity index (χ4n) is 3.57. The Kier molecular flexibility index (Phi) is 5.68. The van der Waals surface area contributed by atoms with Gasteiger partial charge in [0, 0.05) is 38.9 Å². The first-order valence-electron chi connectivity index (χ1n) is 9.78. The van der Waals surface area contributed by atoms with Crippen LogP contribution >= 0.6 is 0 Å². The third-order valence-electron chi connectivity index (χ3n) is 5.22. The number of nitrogens with zero attached hydrogens (tertiary/aromatic N) is 5. The Morgan fingerprint density at radius 1 is 0.931 bits per heavy atom. The average molecular weight is 385 g/mol. The van der Waals surface area contributed by atoms with Crippen LogP contribution in [0.4, 0.5) is 0 Å². The number of piperazine rings is 1. The minimum atomic E-state index is 0.0438. The summed E-state index contributed by atoms with van der Waals surface area (Å²) in [5.41, 5.74) is 3.66. The molecule has 0 saturated carbocycles. The van der Waals surface area contributed by atoms with Gasteiger partial charge in [0.25, 0.3) is 5.91 Å². The average Bonchev–Trinajstić information content (AvgIpc) is 3.23. The first-order valence-corrected chi connectivity index (χ1v) is 9.78. The van der Waals surface area contributed by atoms with Gasteiger partial charge in [-0.05, 0) is 23.3 Å². The zero-order valence-electron chi connectivity index (χ0n) is 16.2. The van der Waals surface area contributed by atoms with E-state index < -0.39 is 0 Å². The summed E-state index contributed by atoms with van der Waals surface area (Å²) in [5.74, 6) is 0.0438. The molecule has 3 aromatic rings. The molecule has 0 radical (unpaired) electrons. The van der Waals surface area contributed by atoms with E-state index in [9.17, 15) is 4.79 Å². The molecule has 2 heterocycles. The quantitative estimate of drug-likeness (QED) is 0.677. The molecule has 0 unspecified atom stereocenters. The lowest BCUT2D eigenvalue weighted by Gasteiger charge is -2.34. The van der Waals surface area contributed by atoms with Crippen molar-refractivity contribution in [3.05, 3.63) is 89.2 Å². The van der Waals surface area contributed by atoms with E-state index in [0.29, 0.717) is 30.8 Å². The molecule has 6 nitrogen and oxygen atoms in total. The third-order valence-corrected chi connectivity index (χ3v) is 5.22. The fraction of sp³-hybridized carbons (Fsp3) is 0.261. The molecule has 29 heavy (non-hydrogen) atoms. The molecule has 1 aliphatic heterocycles. The largest absolute Gasteiger partial charge is 0.336 e. The van der Waals surface area contributed by atoms with Crippen LogP contribution in [0.5, 0.6) is 0 Å². The van der Waals surface area contributed by atoms with E-state index in [2.05, 4.69) is 28.2 Å². The van der Waals surface area contributed by atoms with Gasteiger partial charge in [-0.25, -0.2) is 0 Å². The molecule has 0 N–H and O–H groups in total. The molecule has 1 aromatic heterocycles. The van der Waals surface area contributed by atoms with Gasteiger partial charge >= 0.3 is 0 Å². The number of carbonyl (C=O) groups is 1. The van der Waals surface area contributed by atoms with E-state index in [-0.39, 0.29) is 5.91 Å². The lowest BCUT2D eigenvalue weighted by atomic mass is 10.1. The highest BCUT2D eigenvalue weighted by Crippen LogP contribution is 2.13. The summed E-state index contributed by atoms with van der Waals surface area (Å²) in [5, 5.41) is 13.2. The number of benzene rings is 2. The highest BCUT2D eigenvalue weighted by molar-refractivity contribution is 5.93. The Labute approximate surface area is 170 Å². The molecule has 1 saturated heterocycles. The van der Waals surface area contributed by atoms with Crippen LogP contribution in [0.25, 0.3) is 0 Å². The number of carbonyl (C=O) groups excluding carboxylic acids is 1. The zero-order chi connectivity index (χ0) is 20.1. The van der Waals surface area contributed by atoms with Gasteiger partial charge in [-0.15, -0.1) is 0 Å². The number of amides is 1. The number of rotatable bonds is 5. The van der Waals surface area contributed by atoms with Crippen molar-refractivity contribution in [3.63, 3.8) is 0 Å². The van der Waals surface area contributed by atoms with Crippen LogP contribution in [0.2, 0.25) is 0 Å². The van der Waals surface area contributed by atoms with Crippen molar-refractivity contribution >= 4 is 5.91 Å². The highest BCUT2D eigenvalue weighted by Gasteiger charge is 2.23. The second-order valence-electron chi connectivity index (χ2n) is 7.29. The van der Waals surface area contributed by atoms with Crippen LogP contribution in [-0.2, 0) is 13.1 Å². The van der Waals surface area contributed by atoms with Gasteiger partial charge in [-0.1, -0.05) is 42.5 Å². The van der Waals surface area contributed by atoms with Crippen molar-refractivity contribution in [2.24, 2.45) is 0 Å². The zero-order valence-corrected chi connectivity index (χ0v) is 16.2. The smallest absolute Gasteiger partial charge is 0.257 e. The molecule has 0 spiro atoms.